The van der Waals surface area contributed by atoms with Crippen LogP contribution in [0.15, 0.2) is 10.3 Å². The minimum atomic E-state index is -1.10. The number of unbranched alkanes of at least 4 members (excludes halogenated alkanes) is 1. The molecule has 0 rings (SSSR count). The van der Waals surface area contributed by atoms with E-state index in [1.54, 1.807) is 0 Å². The number of rotatable bonds is 8. The molecule has 8 heteroatoms. The van der Waals surface area contributed by atoms with Gasteiger partial charge in [0.05, 0.1) is 5.29 Å². The first-order chi connectivity index (χ1) is 7.07. The molecule has 0 aliphatic rings. The van der Waals surface area contributed by atoms with Crippen LogP contribution in [0.1, 0.15) is 19.3 Å². The Bertz CT molecular complexity index is 239. The van der Waals surface area contributed by atoms with Crippen LogP contribution in [0.2, 0.25) is 0 Å². The van der Waals surface area contributed by atoms with E-state index < -0.39 is 12.0 Å². The van der Waals surface area contributed by atoms with Gasteiger partial charge in [0.1, 0.15) is 6.04 Å². The van der Waals surface area contributed by atoms with Crippen molar-refractivity contribution >= 4 is 11.9 Å². The van der Waals surface area contributed by atoms with Crippen LogP contribution in [0, 0.1) is 4.91 Å². The molecule has 0 aromatic carbocycles. The smallest absolute Gasteiger partial charge is 0.327 e. The first-order valence-corrected chi connectivity index (χ1v) is 4.44. The molecule has 1 unspecified atom stereocenters. The van der Waals surface area contributed by atoms with Crippen LogP contribution in [0.5, 0.6) is 0 Å². The Kier molecular flexibility index (Phi) is 6.60. The van der Waals surface area contributed by atoms with Crippen molar-refractivity contribution in [2.24, 2.45) is 21.7 Å². The zero-order valence-electron chi connectivity index (χ0n) is 8.22. The number of nitroso groups, excluding NO2 is 1. The molecule has 86 valence electrons. The minimum absolute atomic E-state index is 0.0115. The summed E-state index contributed by atoms with van der Waals surface area (Å²) < 4.78 is 0. The Morgan fingerprint density at radius 2 is 2.07 bits per heavy atom. The molecule has 0 aromatic rings. The molecule has 0 radical (unpaired) electrons. The van der Waals surface area contributed by atoms with E-state index in [1.165, 1.54) is 0 Å². The summed E-state index contributed by atoms with van der Waals surface area (Å²) in [6, 6.07) is -0.943. The molecule has 1 atom stereocenters. The average Bonchev–Trinajstić information content (AvgIpc) is 2.15. The zero-order valence-corrected chi connectivity index (χ0v) is 8.22. The Morgan fingerprint density at radius 3 is 2.53 bits per heavy atom. The summed E-state index contributed by atoms with van der Waals surface area (Å²) in [6.45, 7) is 0.448. The van der Waals surface area contributed by atoms with Gasteiger partial charge in [0, 0.05) is 6.54 Å². The van der Waals surface area contributed by atoms with E-state index >= 15 is 0 Å². The van der Waals surface area contributed by atoms with Crippen LogP contribution in [0.3, 0.4) is 0 Å². The van der Waals surface area contributed by atoms with Crippen LogP contribution in [0.4, 0.5) is 0 Å². The largest absolute Gasteiger partial charge is 0.480 e. The number of carboxylic acids is 1. The fourth-order valence-electron chi connectivity index (χ4n) is 0.975. The second-order valence-electron chi connectivity index (χ2n) is 2.91. The fourth-order valence-corrected chi connectivity index (χ4v) is 0.975. The molecule has 6 N–H and O–H groups in total. The predicted molar refractivity (Wildman–Crippen MR) is 54.9 cm³/mol. The molecule has 0 bridgehead atoms. The molecule has 0 aromatic heterocycles. The van der Waals surface area contributed by atoms with Gasteiger partial charge in [-0.2, -0.15) is 0 Å². The third-order valence-electron chi connectivity index (χ3n) is 1.70. The van der Waals surface area contributed by atoms with Crippen LogP contribution < -0.4 is 16.9 Å². The maximum Gasteiger partial charge on any atom is 0.327 e. The lowest BCUT2D eigenvalue weighted by atomic mass is 10.1. The number of aliphatic carboxylic acids is 1. The maximum absolute atomic E-state index is 10.5. The zero-order chi connectivity index (χ0) is 11.7. The van der Waals surface area contributed by atoms with Crippen LogP contribution in [0.25, 0.3) is 0 Å². The van der Waals surface area contributed by atoms with Crippen molar-refractivity contribution in [2.45, 2.75) is 25.3 Å². The quantitative estimate of drug-likeness (QED) is 0.137. The monoisotopic (exact) mass is 217 g/mol. The summed E-state index contributed by atoms with van der Waals surface area (Å²) >= 11 is 0. The first-order valence-electron chi connectivity index (χ1n) is 4.44. The summed E-state index contributed by atoms with van der Waals surface area (Å²) in [5.41, 5.74) is 12.2. The van der Waals surface area contributed by atoms with Crippen molar-refractivity contribution in [1.29, 1.82) is 0 Å². The number of hydrogen-bond acceptors (Lipinski definition) is 4. The van der Waals surface area contributed by atoms with E-state index in [1.807, 2.05) is 5.43 Å². The molecule has 0 aliphatic heterocycles. The average molecular weight is 217 g/mol. The van der Waals surface area contributed by atoms with Gasteiger partial charge >= 0.3 is 5.97 Å². The van der Waals surface area contributed by atoms with E-state index in [0.29, 0.717) is 25.8 Å². The summed E-state index contributed by atoms with van der Waals surface area (Å²) in [6.07, 6.45) is 1.56. The second kappa shape index (κ2) is 7.54. The molecular formula is C7H15N5O3. The molecule has 8 nitrogen and oxygen atoms in total. The highest BCUT2D eigenvalue weighted by Gasteiger charge is 2.15. The number of aliphatic imine (C=N–C) groups is 1. The van der Waals surface area contributed by atoms with Crippen molar-refractivity contribution in [3.8, 4) is 0 Å². The second-order valence-corrected chi connectivity index (χ2v) is 2.91. The molecule has 0 aliphatic carbocycles. The summed E-state index contributed by atoms with van der Waals surface area (Å²) in [5.74, 6) is -1.09. The van der Waals surface area contributed by atoms with Gasteiger partial charge in [0.25, 0.3) is 0 Å². The van der Waals surface area contributed by atoms with E-state index in [2.05, 4.69) is 10.3 Å². The molecule has 0 saturated heterocycles. The Hall–Kier alpha value is -1.86. The predicted octanol–water partition coefficient (Wildman–Crippen LogP) is -0.846. The van der Waals surface area contributed by atoms with Crippen LogP contribution in [-0.4, -0.2) is 29.6 Å². The van der Waals surface area contributed by atoms with Crippen molar-refractivity contribution in [2.75, 3.05) is 6.54 Å². The van der Waals surface area contributed by atoms with Crippen LogP contribution in [-0.2, 0) is 4.79 Å². The number of guanidine groups is 1. The molecule has 15 heavy (non-hydrogen) atoms. The molecule has 0 fully saturated rings. The highest BCUT2D eigenvalue weighted by atomic mass is 16.4. The third kappa shape index (κ3) is 7.23. The number of carboxylic acid groups (broad SMARTS) is 1. The highest BCUT2D eigenvalue weighted by molar-refractivity contribution is 5.75. The third-order valence-corrected chi connectivity index (χ3v) is 1.70. The Labute approximate surface area is 86.7 Å². The SMILES string of the molecule is NC(N)=NCCCCC(NN=O)C(=O)O. The van der Waals surface area contributed by atoms with Gasteiger partial charge in [0.2, 0.25) is 0 Å². The van der Waals surface area contributed by atoms with E-state index in [-0.39, 0.29) is 5.96 Å². The van der Waals surface area contributed by atoms with Gasteiger partial charge in [0.15, 0.2) is 5.96 Å². The van der Waals surface area contributed by atoms with E-state index in [9.17, 15) is 9.70 Å². The maximum atomic E-state index is 10.5. The Balaban J connectivity index is 3.67. The standard InChI is InChI=1S/C7H15N5O3/c8-7(9)10-4-2-1-3-5(6(13)14)11-12-15/h5H,1-4H2,(H,11,15)(H,13,14)(H4,8,9,10). The van der Waals surface area contributed by atoms with Crippen molar-refractivity contribution in [3.05, 3.63) is 4.91 Å². The molecule has 0 amide bonds. The fraction of sp³-hybridized carbons (Fsp3) is 0.714. The molecule has 0 spiro atoms. The molecular weight excluding hydrogens is 202 g/mol. The number of hydrogen-bond donors (Lipinski definition) is 4. The molecule has 0 saturated carbocycles. The topological polar surface area (TPSA) is 143 Å². The first kappa shape index (κ1) is 13.1. The number of nitrogens with one attached hydrogen (secondary N) is 1. The molecule has 0 heterocycles. The van der Waals surface area contributed by atoms with Gasteiger partial charge in [-0.3, -0.25) is 10.4 Å². The summed E-state index contributed by atoms with van der Waals surface area (Å²) in [7, 11) is 0. The van der Waals surface area contributed by atoms with E-state index in [4.69, 9.17) is 16.6 Å². The van der Waals surface area contributed by atoms with Gasteiger partial charge in [-0.25, -0.2) is 4.79 Å². The number of carbonyl (C=O) groups is 1. The lowest BCUT2D eigenvalue weighted by Crippen LogP contribution is -2.32. The van der Waals surface area contributed by atoms with Crippen molar-refractivity contribution in [1.82, 2.24) is 5.43 Å². The highest BCUT2D eigenvalue weighted by Crippen LogP contribution is 2.01. The number of nitrogens with zero attached hydrogens (tertiary/aromatic N) is 2. The van der Waals surface area contributed by atoms with Gasteiger partial charge in [-0.15, -0.1) is 4.91 Å². The lowest BCUT2D eigenvalue weighted by Gasteiger charge is -2.08. The van der Waals surface area contributed by atoms with Crippen molar-refractivity contribution in [3.63, 3.8) is 0 Å². The minimum Gasteiger partial charge on any atom is -0.480 e. The van der Waals surface area contributed by atoms with Gasteiger partial charge in [-0.1, -0.05) is 0 Å². The lowest BCUT2D eigenvalue weighted by molar-refractivity contribution is -0.139. The normalized spacial score (nSPS) is 11.5. The summed E-state index contributed by atoms with van der Waals surface area (Å²) in [4.78, 5) is 24.1. The van der Waals surface area contributed by atoms with Crippen molar-refractivity contribution < 1.29 is 9.90 Å². The summed E-state index contributed by atoms with van der Waals surface area (Å²) in [5, 5.41) is 11.0. The van der Waals surface area contributed by atoms with E-state index in [0.717, 1.165) is 0 Å². The van der Waals surface area contributed by atoms with Gasteiger partial charge in [-0.05, 0) is 19.3 Å². The van der Waals surface area contributed by atoms with Crippen LogP contribution >= 0.6 is 0 Å². The van der Waals surface area contributed by atoms with Gasteiger partial charge < -0.3 is 16.6 Å². The Morgan fingerprint density at radius 1 is 1.40 bits per heavy atom. The number of nitrogens with two attached hydrogens (primary N) is 2.